The van der Waals surface area contributed by atoms with E-state index in [0.717, 1.165) is 10.7 Å². The Balaban J connectivity index is 2.41. The molecule has 1 aromatic heterocycles. The maximum absolute atomic E-state index is 13.1. The number of nitrogens with zero attached hydrogens (tertiary/aromatic N) is 2. The Labute approximate surface area is 120 Å². The highest BCUT2D eigenvalue weighted by Crippen LogP contribution is 2.31. The molecule has 21 heavy (non-hydrogen) atoms. The zero-order valence-corrected chi connectivity index (χ0v) is 11.6. The first-order valence-corrected chi connectivity index (χ1v) is 6.23. The molecule has 0 N–H and O–H groups in total. The van der Waals surface area contributed by atoms with E-state index in [-0.39, 0.29) is 12.1 Å². The molecule has 0 saturated carbocycles. The first-order chi connectivity index (χ1) is 9.95. The minimum atomic E-state index is -4.49. The van der Waals surface area contributed by atoms with E-state index in [9.17, 15) is 13.2 Å². The van der Waals surface area contributed by atoms with Gasteiger partial charge in [0.1, 0.15) is 5.69 Å². The van der Waals surface area contributed by atoms with Crippen LogP contribution in [0.3, 0.4) is 0 Å². The van der Waals surface area contributed by atoms with E-state index in [1.807, 2.05) is 0 Å². The third-order valence-electron chi connectivity index (χ3n) is 2.95. The van der Waals surface area contributed by atoms with Gasteiger partial charge in [-0.2, -0.15) is 18.3 Å². The van der Waals surface area contributed by atoms with Crippen LogP contribution in [0.15, 0.2) is 36.4 Å². The summed E-state index contributed by atoms with van der Waals surface area (Å²) >= 11 is 0. The monoisotopic (exact) mass is 300 g/mol. The molecule has 0 aliphatic rings. The number of ether oxygens (including phenoxy) is 2. The maximum atomic E-state index is 13.1. The molecule has 0 bridgehead atoms. The predicted octanol–water partition coefficient (Wildman–Crippen LogP) is 3.05. The van der Waals surface area contributed by atoms with Crippen LogP contribution in [0.25, 0.3) is 5.69 Å². The van der Waals surface area contributed by atoms with Crippen molar-refractivity contribution in [2.45, 2.75) is 18.9 Å². The van der Waals surface area contributed by atoms with E-state index in [2.05, 4.69) is 5.10 Å². The van der Waals surface area contributed by atoms with Crippen molar-refractivity contribution < 1.29 is 22.6 Å². The second kappa shape index (κ2) is 6.28. The normalized spacial score (nSPS) is 12.1. The van der Waals surface area contributed by atoms with Crippen LogP contribution < -0.4 is 0 Å². The third kappa shape index (κ3) is 3.62. The van der Waals surface area contributed by atoms with Crippen molar-refractivity contribution in [2.75, 3.05) is 14.2 Å². The molecule has 2 aromatic rings. The molecule has 0 atom stereocenters. The fourth-order valence-electron chi connectivity index (χ4n) is 1.93. The molecule has 7 heteroatoms. The highest BCUT2D eigenvalue weighted by atomic mass is 19.4. The second-order valence-corrected chi connectivity index (χ2v) is 4.37. The number of hydrogen-bond donors (Lipinski definition) is 0. The largest absolute Gasteiger partial charge is 0.433 e. The number of methoxy groups -OCH3 is 2. The second-order valence-electron chi connectivity index (χ2n) is 4.37. The topological polar surface area (TPSA) is 36.3 Å². The summed E-state index contributed by atoms with van der Waals surface area (Å²) in [5.74, 6) is 0. The van der Waals surface area contributed by atoms with Gasteiger partial charge in [-0.05, 0) is 18.2 Å². The Bertz CT molecular complexity index is 578. The highest BCUT2D eigenvalue weighted by Gasteiger charge is 2.36. The summed E-state index contributed by atoms with van der Waals surface area (Å²) in [7, 11) is 2.85. The number of aromatic nitrogens is 2. The Kier molecular flexibility index (Phi) is 4.64. The molecule has 0 aliphatic carbocycles. The fourth-order valence-corrected chi connectivity index (χ4v) is 1.93. The highest BCUT2D eigenvalue weighted by molar-refractivity contribution is 5.34. The van der Waals surface area contributed by atoms with Crippen LogP contribution in [0.2, 0.25) is 0 Å². The molecule has 0 fully saturated rings. The first-order valence-electron chi connectivity index (χ1n) is 6.23. The molecule has 0 saturated heterocycles. The number of halogens is 3. The summed E-state index contributed by atoms with van der Waals surface area (Å²) in [4.78, 5) is 0. The first kappa shape index (κ1) is 15.5. The van der Waals surface area contributed by atoms with E-state index in [1.54, 1.807) is 30.3 Å². The maximum Gasteiger partial charge on any atom is 0.433 e. The lowest BCUT2D eigenvalue weighted by molar-refractivity contribution is -0.142. The molecule has 0 unspecified atom stereocenters. The van der Waals surface area contributed by atoms with Crippen LogP contribution in [0.1, 0.15) is 11.4 Å². The van der Waals surface area contributed by atoms with Crippen molar-refractivity contribution in [3.05, 3.63) is 47.8 Å². The van der Waals surface area contributed by atoms with Gasteiger partial charge in [0.25, 0.3) is 0 Å². The summed E-state index contributed by atoms with van der Waals surface area (Å²) in [6.45, 7) is 0. The third-order valence-corrected chi connectivity index (χ3v) is 2.95. The Morgan fingerprint density at radius 3 is 2.29 bits per heavy atom. The van der Waals surface area contributed by atoms with E-state index in [4.69, 9.17) is 9.47 Å². The van der Waals surface area contributed by atoms with Crippen LogP contribution >= 0.6 is 0 Å². The molecule has 0 amide bonds. The van der Waals surface area contributed by atoms with E-state index in [0.29, 0.717) is 5.69 Å². The van der Waals surface area contributed by atoms with Crippen LogP contribution in [-0.2, 0) is 22.1 Å². The van der Waals surface area contributed by atoms with Crippen LogP contribution in [0, 0.1) is 0 Å². The summed E-state index contributed by atoms with van der Waals surface area (Å²) in [5, 5.41) is 4.02. The summed E-state index contributed by atoms with van der Waals surface area (Å²) in [6.07, 6.45) is -4.99. The lowest BCUT2D eigenvalue weighted by Crippen LogP contribution is -2.16. The summed E-state index contributed by atoms with van der Waals surface area (Å²) in [5.41, 5.74) is -0.225. The Morgan fingerprint density at radius 2 is 1.76 bits per heavy atom. The van der Waals surface area contributed by atoms with Gasteiger partial charge in [0.2, 0.25) is 0 Å². The van der Waals surface area contributed by atoms with Crippen molar-refractivity contribution in [3.63, 3.8) is 0 Å². The van der Waals surface area contributed by atoms with Gasteiger partial charge in [-0.25, -0.2) is 4.68 Å². The van der Waals surface area contributed by atoms with Gasteiger partial charge >= 0.3 is 6.18 Å². The molecule has 1 heterocycles. The standard InChI is InChI=1S/C14H15F3N2O2/c1-20-13(21-2)9-10-8-12(14(15,16)17)19(18-10)11-6-4-3-5-7-11/h3-8,13H,9H2,1-2H3. The molecule has 0 spiro atoms. The van der Waals surface area contributed by atoms with Crippen LogP contribution in [-0.4, -0.2) is 30.3 Å². The van der Waals surface area contributed by atoms with Crippen LogP contribution in [0.4, 0.5) is 13.2 Å². The molecule has 1 aromatic carbocycles. The number of rotatable bonds is 5. The molecule has 4 nitrogen and oxygen atoms in total. The lowest BCUT2D eigenvalue weighted by atomic mass is 10.2. The van der Waals surface area contributed by atoms with Crippen molar-refractivity contribution in [3.8, 4) is 5.69 Å². The molecule has 0 radical (unpaired) electrons. The Hall–Kier alpha value is -1.86. The van der Waals surface area contributed by atoms with Crippen molar-refractivity contribution in [1.82, 2.24) is 9.78 Å². The van der Waals surface area contributed by atoms with Crippen molar-refractivity contribution in [2.24, 2.45) is 0 Å². The van der Waals surface area contributed by atoms with Gasteiger partial charge in [0, 0.05) is 20.6 Å². The van der Waals surface area contributed by atoms with E-state index < -0.39 is 18.2 Å². The molecule has 114 valence electrons. The zero-order chi connectivity index (χ0) is 15.5. The molecule has 2 rings (SSSR count). The zero-order valence-electron chi connectivity index (χ0n) is 11.6. The summed E-state index contributed by atoms with van der Waals surface area (Å²) < 4.78 is 50.2. The van der Waals surface area contributed by atoms with Gasteiger partial charge < -0.3 is 9.47 Å². The predicted molar refractivity (Wildman–Crippen MR) is 70.1 cm³/mol. The van der Waals surface area contributed by atoms with E-state index in [1.165, 1.54) is 14.2 Å². The van der Waals surface area contributed by atoms with Gasteiger partial charge in [-0.15, -0.1) is 0 Å². The average molecular weight is 300 g/mol. The number of alkyl halides is 3. The van der Waals surface area contributed by atoms with Gasteiger partial charge in [0.05, 0.1) is 11.4 Å². The average Bonchev–Trinajstić information content (AvgIpc) is 2.90. The SMILES string of the molecule is COC(Cc1cc(C(F)(F)F)n(-c2ccccc2)n1)OC. The lowest BCUT2D eigenvalue weighted by Gasteiger charge is -2.11. The minimum absolute atomic E-state index is 0.135. The molecular weight excluding hydrogens is 285 g/mol. The van der Waals surface area contributed by atoms with E-state index >= 15 is 0 Å². The Morgan fingerprint density at radius 1 is 1.14 bits per heavy atom. The number of hydrogen-bond acceptors (Lipinski definition) is 3. The summed E-state index contributed by atoms with van der Waals surface area (Å²) in [6, 6.07) is 9.19. The number of para-hydroxylation sites is 1. The fraction of sp³-hybridized carbons (Fsp3) is 0.357. The van der Waals surface area contributed by atoms with Gasteiger partial charge in [0.15, 0.2) is 6.29 Å². The smallest absolute Gasteiger partial charge is 0.356 e. The number of benzene rings is 1. The van der Waals surface area contributed by atoms with Gasteiger partial charge in [-0.3, -0.25) is 0 Å². The molecule has 0 aliphatic heterocycles. The quantitative estimate of drug-likeness (QED) is 0.796. The van der Waals surface area contributed by atoms with Gasteiger partial charge in [-0.1, -0.05) is 18.2 Å². The van der Waals surface area contributed by atoms with Crippen molar-refractivity contribution in [1.29, 1.82) is 0 Å². The molecular formula is C14H15F3N2O2. The van der Waals surface area contributed by atoms with Crippen molar-refractivity contribution >= 4 is 0 Å². The minimum Gasteiger partial charge on any atom is -0.356 e. The van der Waals surface area contributed by atoms with Crippen LogP contribution in [0.5, 0.6) is 0 Å².